The number of hydrogen-bond donors (Lipinski definition) is 1. The highest BCUT2D eigenvalue weighted by molar-refractivity contribution is 5.84. The molecule has 4 heteroatoms. The molecule has 76 valence electrons. The Morgan fingerprint density at radius 3 is 3.07 bits per heavy atom. The molecule has 0 aliphatic heterocycles. The molecule has 0 spiro atoms. The van der Waals surface area contributed by atoms with Crippen molar-refractivity contribution in [1.29, 1.82) is 0 Å². The molecule has 0 unspecified atom stereocenters. The fourth-order valence-electron chi connectivity index (χ4n) is 1.42. The highest BCUT2D eigenvalue weighted by Gasteiger charge is 2.24. The SMILES string of the molecule is Cn1cc(CCN=C(N)C2CC2)cn1. The minimum atomic E-state index is 0.587. The lowest BCUT2D eigenvalue weighted by atomic mass is 10.2. The van der Waals surface area contributed by atoms with E-state index in [9.17, 15) is 0 Å². The fraction of sp³-hybridized carbons (Fsp3) is 0.600. The molecule has 1 aromatic rings. The van der Waals surface area contributed by atoms with Crippen molar-refractivity contribution in [2.75, 3.05) is 6.54 Å². The molecule has 2 rings (SSSR count). The molecular formula is C10H16N4. The van der Waals surface area contributed by atoms with Crippen molar-refractivity contribution in [3.05, 3.63) is 18.0 Å². The first kappa shape index (κ1) is 9.24. The summed E-state index contributed by atoms with van der Waals surface area (Å²) in [7, 11) is 1.92. The summed E-state index contributed by atoms with van der Waals surface area (Å²) in [5, 5.41) is 4.10. The minimum Gasteiger partial charge on any atom is -0.387 e. The Balaban J connectivity index is 1.79. The zero-order chi connectivity index (χ0) is 9.97. The zero-order valence-corrected chi connectivity index (χ0v) is 8.48. The maximum Gasteiger partial charge on any atom is 0.0968 e. The van der Waals surface area contributed by atoms with Crippen LogP contribution >= 0.6 is 0 Å². The van der Waals surface area contributed by atoms with E-state index < -0.39 is 0 Å². The number of rotatable bonds is 4. The van der Waals surface area contributed by atoms with Crippen LogP contribution in [0.15, 0.2) is 17.4 Å². The van der Waals surface area contributed by atoms with Crippen molar-refractivity contribution in [3.8, 4) is 0 Å². The molecule has 0 radical (unpaired) electrons. The highest BCUT2D eigenvalue weighted by Crippen LogP contribution is 2.28. The number of nitrogens with two attached hydrogens (primary N) is 1. The first-order chi connectivity index (χ1) is 6.75. The van der Waals surface area contributed by atoms with Crippen LogP contribution in [0.2, 0.25) is 0 Å². The van der Waals surface area contributed by atoms with E-state index in [0.717, 1.165) is 18.8 Å². The lowest BCUT2D eigenvalue weighted by Gasteiger charge is -1.96. The Hall–Kier alpha value is -1.32. The topological polar surface area (TPSA) is 56.2 Å². The van der Waals surface area contributed by atoms with Gasteiger partial charge in [-0.1, -0.05) is 0 Å². The molecule has 1 aliphatic rings. The predicted octanol–water partition coefficient (Wildman–Crippen LogP) is 0.730. The molecule has 1 heterocycles. The van der Waals surface area contributed by atoms with Gasteiger partial charge in [0.15, 0.2) is 0 Å². The normalized spacial score (nSPS) is 17.4. The summed E-state index contributed by atoms with van der Waals surface area (Å²) in [4.78, 5) is 4.35. The molecule has 1 fully saturated rings. The Labute approximate surface area is 83.8 Å². The third-order valence-electron chi connectivity index (χ3n) is 2.45. The monoisotopic (exact) mass is 192 g/mol. The van der Waals surface area contributed by atoms with Gasteiger partial charge < -0.3 is 5.73 Å². The van der Waals surface area contributed by atoms with Crippen LogP contribution in [0.4, 0.5) is 0 Å². The Morgan fingerprint density at radius 1 is 1.71 bits per heavy atom. The van der Waals surface area contributed by atoms with Gasteiger partial charge in [-0.15, -0.1) is 0 Å². The third-order valence-corrected chi connectivity index (χ3v) is 2.45. The van der Waals surface area contributed by atoms with Gasteiger partial charge in [0.25, 0.3) is 0 Å². The number of amidine groups is 1. The second kappa shape index (κ2) is 3.82. The summed E-state index contributed by atoms with van der Waals surface area (Å²) in [5.41, 5.74) is 7.00. The fourth-order valence-corrected chi connectivity index (χ4v) is 1.42. The summed E-state index contributed by atoms with van der Waals surface area (Å²) in [6, 6.07) is 0. The maximum absolute atomic E-state index is 5.78. The maximum atomic E-state index is 5.78. The van der Waals surface area contributed by atoms with Crippen LogP contribution < -0.4 is 5.73 Å². The molecule has 0 atom stereocenters. The van der Waals surface area contributed by atoms with Crippen molar-refractivity contribution in [1.82, 2.24) is 9.78 Å². The lowest BCUT2D eigenvalue weighted by Crippen LogP contribution is -2.14. The van der Waals surface area contributed by atoms with Crippen LogP contribution in [0.3, 0.4) is 0 Å². The number of aromatic nitrogens is 2. The quantitative estimate of drug-likeness (QED) is 0.565. The third kappa shape index (κ3) is 2.34. The van der Waals surface area contributed by atoms with Crippen molar-refractivity contribution in [2.24, 2.45) is 23.7 Å². The van der Waals surface area contributed by atoms with E-state index in [1.165, 1.54) is 18.4 Å². The molecule has 1 saturated carbocycles. The van der Waals surface area contributed by atoms with Gasteiger partial charge in [-0.2, -0.15) is 5.10 Å². The Bertz CT molecular complexity index is 336. The van der Waals surface area contributed by atoms with E-state index in [1.54, 1.807) is 0 Å². The van der Waals surface area contributed by atoms with Crippen LogP contribution in [0.5, 0.6) is 0 Å². The molecular weight excluding hydrogens is 176 g/mol. The summed E-state index contributed by atoms with van der Waals surface area (Å²) >= 11 is 0. The summed E-state index contributed by atoms with van der Waals surface area (Å²) in [6.45, 7) is 0.786. The molecule has 1 aliphatic carbocycles. The second-order valence-corrected chi connectivity index (χ2v) is 3.85. The molecule has 1 aromatic heterocycles. The van der Waals surface area contributed by atoms with E-state index >= 15 is 0 Å². The largest absolute Gasteiger partial charge is 0.387 e. The molecule has 14 heavy (non-hydrogen) atoms. The van der Waals surface area contributed by atoms with E-state index in [-0.39, 0.29) is 0 Å². The molecule has 0 aromatic carbocycles. The van der Waals surface area contributed by atoms with Gasteiger partial charge in [-0.3, -0.25) is 9.67 Å². The predicted molar refractivity (Wildman–Crippen MR) is 56.1 cm³/mol. The van der Waals surface area contributed by atoms with Crippen LogP contribution in [0, 0.1) is 5.92 Å². The van der Waals surface area contributed by atoms with Gasteiger partial charge in [0.05, 0.1) is 12.0 Å². The molecule has 0 bridgehead atoms. The first-order valence-corrected chi connectivity index (χ1v) is 5.03. The molecule has 2 N–H and O–H groups in total. The number of nitrogens with zero attached hydrogens (tertiary/aromatic N) is 3. The Kier molecular flexibility index (Phi) is 2.52. The van der Waals surface area contributed by atoms with Crippen LogP contribution in [-0.2, 0) is 13.5 Å². The number of hydrogen-bond acceptors (Lipinski definition) is 2. The van der Waals surface area contributed by atoms with Gasteiger partial charge >= 0.3 is 0 Å². The minimum absolute atomic E-state index is 0.587. The molecule has 0 saturated heterocycles. The van der Waals surface area contributed by atoms with E-state index in [4.69, 9.17) is 5.73 Å². The van der Waals surface area contributed by atoms with Crippen molar-refractivity contribution >= 4 is 5.84 Å². The Morgan fingerprint density at radius 2 is 2.50 bits per heavy atom. The standard InChI is InChI=1S/C10H16N4/c1-14-7-8(6-13-14)4-5-12-10(11)9-2-3-9/h6-7,9H,2-5H2,1H3,(H2,11,12). The molecule has 4 nitrogen and oxygen atoms in total. The van der Waals surface area contributed by atoms with Crippen molar-refractivity contribution in [3.63, 3.8) is 0 Å². The van der Waals surface area contributed by atoms with Gasteiger partial charge in [0.2, 0.25) is 0 Å². The summed E-state index contributed by atoms with van der Waals surface area (Å²) < 4.78 is 1.81. The van der Waals surface area contributed by atoms with Gasteiger partial charge in [-0.05, 0) is 24.8 Å². The van der Waals surface area contributed by atoms with Crippen LogP contribution in [0.1, 0.15) is 18.4 Å². The van der Waals surface area contributed by atoms with Gasteiger partial charge in [0.1, 0.15) is 0 Å². The number of aryl methyl sites for hydroxylation is 1. The van der Waals surface area contributed by atoms with Gasteiger partial charge in [0, 0.05) is 25.7 Å². The van der Waals surface area contributed by atoms with E-state index in [1.807, 2.05) is 24.1 Å². The zero-order valence-electron chi connectivity index (χ0n) is 8.48. The van der Waals surface area contributed by atoms with Gasteiger partial charge in [-0.25, -0.2) is 0 Å². The van der Waals surface area contributed by atoms with Crippen LogP contribution in [-0.4, -0.2) is 22.2 Å². The highest BCUT2D eigenvalue weighted by atomic mass is 15.2. The van der Waals surface area contributed by atoms with E-state index in [0.29, 0.717) is 5.92 Å². The van der Waals surface area contributed by atoms with Crippen molar-refractivity contribution in [2.45, 2.75) is 19.3 Å². The summed E-state index contributed by atoms with van der Waals surface area (Å²) in [6.07, 6.45) is 7.28. The second-order valence-electron chi connectivity index (χ2n) is 3.85. The summed E-state index contributed by atoms with van der Waals surface area (Å²) in [5.74, 6) is 1.43. The first-order valence-electron chi connectivity index (χ1n) is 5.03. The lowest BCUT2D eigenvalue weighted by molar-refractivity contribution is 0.766. The number of aliphatic imine (C=N–C) groups is 1. The average Bonchev–Trinajstić information content (AvgIpc) is 2.92. The van der Waals surface area contributed by atoms with E-state index in [2.05, 4.69) is 10.1 Å². The molecule has 0 amide bonds. The van der Waals surface area contributed by atoms with Crippen LogP contribution in [0.25, 0.3) is 0 Å². The van der Waals surface area contributed by atoms with Crippen molar-refractivity contribution < 1.29 is 0 Å². The average molecular weight is 192 g/mol. The smallest absolute Gasteiger partial charge is 0.0968 e.